The van der Waals surface area contributed by atoms with Crippen molar-refractivity contribution in [3.8, 4) is 5.75 Å². The summed E-state index contributed by atoms with van der Waals surface area (Å²) in [5, 5.41) is 13.7. The summed E-state index contributed by atoms with van der Waals surface area (Å²) in [7, 11) is 1.42. The molecular weight excluding hydrogens is 291 g/mol. The van der Waals surface area contributed by atoms with Crippen LogP contribution in [0, 0.1) is 5.82 Å². The number of hydrogen-bond acceptors (Lipinski definition) is 3. The maximum Gasteiger partial charge on any atom is 0.315 e. The molecule has 0 saturated heterocycles. The van der Waals surface area contributed by atoms with Crippen molar-refractivity contribution >= 4 is 12.0 Å². The Labute approximate surface area is 127 Å². The number of carbonyl (C=O) groups excluding carboxylic acids is 1. The van der Waals surface area contributed by atoms with Crippen LogP contribution >= 0.6 is 0 Å². The van der Waals surface area contributed by atoms with E-state index in [4.69, 9.17) is 9.84 Å². The van der Waals surface area contributed by atoms with Crippen molar-refractivity contribution < 1.29 is 23.8 Å². The zero-order valence-electron chi connectivity index (χ0n) is 12.3. The van der Waals surface area contributed by atoms with E-state index in [1.54, 1.807) is 6.07 Å². The number of urea groups is 1. The van der Waals surface area contributed by atoms with Crippen molar-refractivity contribution in [2.45, 2.75) is 31.2 Å². The van der Waals surface area contributed by atoms with Gasteiger partial charge in [-0.05, 0) is 36.5 Å². The average molecular weight is 310 g/mol. The van der Waals surface area contributed by atoms with Gasteiger partial charge >= 0.3 is 12.0 Å². The minimum Gasteiger partial charge on any atom is -0.494 e. The smallest absolute Gasteiger partial charge is 0.315 e. The fourth-order valence-electron chi connectivity index (χ4n) is 2.46. The number of ether oxygens (including phenoxy) is 1. The highest BCUT2D eigenvalue weighted by atomic mass is 19.1. The Hall–Kier alpha value is -2.31. The highest BCUT2D eigenvalue weighted by molar-refractivity contribution is 5.75. The molecule has 0 aromatic heterocycles. The Morgan fingerprint density at radius 1 is 1.41 bits per heavy atom. The zero-order chi connectivity index (χ0) is 16.1. The molecule has 0 radical (unpaired) electrons. The van der Waals surface area contributed by atoms with E-state index in [1.807, 2.05) is 6.07 Å². The first-order valence-electron chi connectivity index (χ1n) is 7.09. The van der Waals surface area contributed by atoms with Crippen LogP contribution < -0.4 is 15.4 Å². The lowest BCUT2D eigenvalue weighted by Gasteiger charge is -2.36. The van der Waals surface area contributed by atoms with E-state index in [0.717, 1.165) is 18.4 Å². The van der Waals surface area contributed by atoms with Gasteiger partial charge in [0.2, 0.25) is 0 Å². The number of rotatable bonds is 6. The van der Waals surface area contributed by atoms with Crippen LogP contribution in [0.1, 0.15) is 30.7 Å². The van der Waals surface area contributed by atoms with Crippen molar-refractivity contribution in [3.63, 3.8) is 0 Å². The third-order valence-corrected chi connectivity index (χ3v) is 3.74. The number of carboxylic acid groups (broad SMARTS) is 1. The third-order valence-electron chi connectivity index (χ3n) is 3.74. The van der Waals surface area contributed by atoms with Gasteiger partial charge in [-0.2, -0.15) is 0 Å². The molecule has 0 bridgehead atoms. The monoisotopic (exact) mass is 310 g/mol. The second kappa shape index (κ2) is 7.11. The lowest BCUT2D eigenvalue weighted by molar-refractivity contribution is -0.136. The van der Waals surface area contributed by atoms with Crippen molar-refractivity contribution in [2.75, 3.05) is 13.7 Å². The van der Waals surface area contributed by atoms with Gasteiger partial charge in [0.05, 0.1) is 13.5 Å². The van der Waals surface area contributed by atoms with Crippen LogP contribution in [0.5, 0.6) is 5.75 Å². The zero-order valence-corrected chi connectivity index (χ0v) is 12.3. The predicted octanol–water partition coefficient (Wildman–Crippen LogP) is 1.85. The third kappa shape index (κ3) is 4.09. The van der Waals surface area contributed by atoms with Crippen LogP contribution in [0.3, 0.4) is 0 Å². The van der Waals surface area contributed by atoms with Gasteiger partial charge in [0.1, 0.15) is 0 Å². The highest BCUT2D eigenvalue weighted by Crippen LogP contribution is 2.38. The molecule has 0 aliphatic heterocycles. The molecule has 120 valence electrons. The Balaban J connectivity index is 1.74. The number of hydrogen-bond donors (Lipinski definition) is 3. The van der Waals surface area contributed by atoms with E-state index in [-0.39, 0.29) is 42.5 Å². The van der Waals surface area contributed by atoms with E-state index in [9.17, 15) is 14.0 Å². The molecule has 2 amide bonds. The Morgan fingerprint density at radius 3 is 2.73 bits per heavy atom. The van der Waals surface area contributed by atoms with E-state index in [1.165, 1.54) is 13.2 Å². The molecule has 1 aliphatic carbocycles. The fraction of sp³-hybridized carbons (Fsp3) is 0.467. The van der Waals surface area contributed by atoms with E-state index in [0.29, 0.717) is 0 Å². The van der Waals surface area contributed by atoms with E-state index < -0.39 is 5.97 Å². The van der Waals surface area contributed by atoms with Gasteiger partial charge in [0.25, 0.3) is 0 Å². The molecule has 3 N–H and O–H groups in total. The first kappa shape index (κ1) is 16.1. The summed E-state index contributed by atoms with van der Waals surface area (Å²) < 4.78 is 18.5. The molecule has 0 unspecified atom stereocenters. The van der Waals surface area contributed by atoms with Crippen molar-refractivity contribution in [1.29, 1.82) is 0 Å². The number of carbonyl (C=O) groups is 2. The van der Waals surface area contributed by atoms with Gasteiger partial charge in [-0.15, -0.1) is 0 Å². The highest BCUT2D eigenvalue weighted by Gasteiger charge is 2.31. The number of aliphatic carboxylic acids is 1. The SMILES string of the molecule is COc1ccc(C2CC(NC(=O)NCCC(=O)O)C2)cc1F. The van der Waals surface area contributed by atoms with Crippen molar-refractivity contribution in [2.24, 2.45) is 0 Å². The summed E-state index contributed by atoms with van der Waals surface area (Å²) in [5.41, 5.74) is 0.891. The van der Waals surface area contributed by atoms with Crippen LogP contribution in [0.15, 0.2) is 18.2 Å². The summed E-state index contributed by atoms with van der Waals surface area (Å²) in [4.78, 5) is 21.8. The summed E-state index contributed by atoms with van der Waals surface area (Å²) in [6.45, 7) is 0.0982. The standard InChI is InChI=1S/C15H19FN2O4/c1-22-13-3-2-9(8-12(13)16)10-6-11(7-10)18-15(21)17-5-4-14(19)20/h2-3,8,10-11H,4-7H2,1H3,(H,19,20)(H2,17,18,21). The van der Waals surface area contributed by atoms with Crippen LogP contribution in [0.4, 0.5) is 9.18 Å². The Kier molecular flexibility index (Phi) is 5.19. The average Bonchev–Trinajstić information content (AvgIpc) is 2.42. The molecule has 2 rings (SSSR count). The van der Waals surface area contributed by atoms with Crippen LogP contribution in [-0.2, 0) is 4.79 Å². The van der Waals surface area contributed by atoms with Gasteiger partial charge in [-0.3, -0.25) is 4.79 Å². The maximum absolute atomic E-state index is 13.6. The van der Waals surface area contributed by atoms with Crippen LogP contribution in [0.2, 0.25) is 0 Å². The summed E-state index contributed by atoms with van der Waals surface area (Å²) >= 11 is 0. The van der Waals surface area contributed by atoms with E-state index in [2.05, 4.69) is 10.6 Å². The Bertz CT molecular complexity index is 558. The van der Waals surface area contributed by atoms with Gasteiger partial charge in [-0.25, -0.2) is 9.18 Å². The molecule has 1 fully saturated rings. The normalized spacial score (nSPS) is 19.9. The number of nitrogens with one attached hydrogen (secondary N) is 2. The van der Waals surface area contributed by atoms with Gasteiger partial charge in [-0.1, -0.05) is 6.07 Å². The molecule has 1 aliphatic rings. The van der Waals surface area contributed by atoms with E-state index >= 15 is 0 Å². The summed E-state index contributed by atoms with van der Waals surface area (Å²) in [6, 6.07) is 4.55. The maximum atomic E-state index is 13.6. The van der Waals surface area contributed by atoms with Crippen molar-refractivity contribution in [3.05, 3.63) is 29.6 Å². The molecule has 1 saturated carbocycles. The molecule has 22 heavy (non-hydrogen) atoms. The molecule has 1 aromatic rings. The number of halogens is 1. The molecule has 0 heterocycles. The lowest BCUT2D eigenvalue weighted by atomic mass is 9.76. The first-order valence-corrected chi connectivity index (χ1v) is 7.09. The minimum atomic E-state index is -0.953. The number of benzene rings is 1. The molecular formula is C15H19FN2O4. The fourth-order valence-corrected chi connectivity index (χ4v) is 2.46. The van der Waals surface area contributed by atoms with Crippen LogP contribution in [0.25, 0.3) is 0 Å². The second-order valence-corrected chi connectivity index (χ2v) is 5.30. The molecule has 0 spiro atoms. The lowest BCUT2D eigenvalue weighted by Crippen LogP contribution is -2.48. The first-order chi connectivity index (χ1) is 10.5. The number of amides is 2. The molecule has 7 heteroatoms. The van der Waals surface area contributed by atoms with Gasteiger partial charge in [0, 0.05) is 12.6 Å². The largest absolute Gasteiger partial charge is 0.494 e. The Morgan fingerprint density at radius 2 is 2.14 bits per heavy atom. The molecule has 1 aromatic carbocycles. The second-order valence-electron chi connectivity index (χ2n) is 5.30. The quantitative estimate of drug-likeness (QED) is 0.748. The number of carboxylic acids is 1. The molecule has 0 atom stereocenters. The number of methoxy groups -OCH3 is 1. The van der Waals surface area contributed by atoms with Crippen LogP contribution in [-0.4, -0.2) is 36.8 Å². The molecule has 6 nitrogen and oxygen atoms in total. The predicted molar refractivity (Wildman–Crippen MR) is 77.5 cm³/mol. The van der Waals surface area contributed by atoms with Crippen molar-refractivity contribution in [1.82, 2.24) is 10.6 Å². The summed E-state index contributed by atoms with van der Waals surface area (Å²) in [6.07, 6.45) is 1.36. The minimum absolute atomic E-state index is 0.0278. The summed E-state index contributed by atoms with van der Waals surface area (Å²) in [5.74, 6) is -0.909. The van der Waals surface area contributed by atoms with Gasteiger partial charge in [0.15, 0.2) is 11.6 Å². The topological polar surface area (TPSA) is 87.7 Å². The van der Waals surface area contributed by atoms with Gasteiger partial charge < -0.3 is 20.5 Å².